The van der Waals surface area contributed by atoms with Crippen LogP contribution in [0.1, 0.15) is 27.7 Å². The standard InChI is InChI=1S/C13H28N2OS/c1-11(2)13(8-14,10-16-5)15-6-7-17-12(3,4)9-15/h11H,6-10,14H2,1-5H3. The number of methoxy groups -OCH3 is 1. The van der Waals surface area contributed by atoms with Gasteiger partial charge in [0, 0.05) is 37.2 Å². The predicted octanol–water partition coefficient (Wildman–Crippen LogP) is 1.81. The number of rotatable bonds is 5. The Morgan fingerprint density at radius 2 is 2.12 bits per heavy atom. The van der Waals surface area contributed by atoms with Crippen molar-refractivity contribution in [2.45, 2.75) is 38.0 Å². The van der Waals surface area contributed by atoms with Crippen LogP contribution >= 0.6 is 11.8 Å². The highest BCUT2D eigenvalue weighted by molar-refractivity contribution is 8.00. The van der Waals surface area contributed by atoms with Crippen molar-refractivity contribution in [2.75, 3.05) is 39.1 Å². The molecule has 0 spiro atoms. The Hall–Kier alpha value is 0.230. The van der Waals surface area contributed by atoms with E-state index < -0.39 is 0 Å². The molecule has 0 aromatic rings. The summed E-state index contributed by atoms with van der Waals surface area (Å²) in [5.41, 5.74) is 6.08. The monoisotopic (exact) mass is 260 g/mol. The Morgan fingerprint density at radius 1 is 1.47 bits per heavy atom. The first-order chi connectivity index (χ1) is 7.88. The van der Waals surface area contributed by atoms with Crippen LogP contribution in [-0.2, 0) is 4.74 Å². The lowest BCUT2D eigenvalue weighted by molar-refractivity contribution is -0.0184. The molecule has 1 unspecified atom stereocenters. The van der Waals surface area contributed by atoms with Crippen molar-refractivity contribution in [1.29, 1.82) is 0 Å². The summed E-state index contributed by atoms with van der Waals surface area (Å²) in [4.78, 5) is 2.55. The SMILES string of the molecule is COCC(CN)(C(C)C)N1CCSC(C)(C)C1. The number of ether oxygens (including phenoxy) is 1. The third kappa shape index (κ3) is 3.37. The van der Waals surface area contributed by atoms with Crippen LogP contribution in [0.5, 0.6) is 0 Å². The second kappa shape index (κ2) is 5.91. The van der Waals surface area contributed by atoms with E-state index in [0.29, 0.717) is 17.2 Å². The largest absolute Gasteiger partial charge is 0.383 e. The van der Waals surface area contributed by atoms with Crippen LogP contribution in [0.15, 0.2) is 0 Å². The summed E-state index contributed by atoms with van der Waals surface area (Å²) in [5.74, 6) is 1.69. The molecule has 0 aliphatic carbocycles. The highest BCUT2D eigenvalue weighted by atomic mass is 32.2. The van der Waals surface area contributed by atoms with Gasteiger partial charge in [-0.25, -0.2) is 0 Å². The molecule has 0 aromatic carbocycles. The van der Waals surface area contributed by atoms with Gasteiger partial charge in [0.25, 0.3) is 0 Å². The van der Waals surface area contributed by atoms with E-state index in [2.05, 4.69) is 44.4 Å². The zero-order valence-corrected chi connectivity index (χ0v) is 12.8. The predicted molar refractivity (Wildman–Crippen MR) is 76.6 cm³/mol. The minimum atomic E-state index is -0.00694. The summed E-state index contributed by atoms with van der Waals surface area (Å²) < 4.78 is 5.77. The fraction of sp³-hybridized carbons (Fsp3) is 1.00. The summed E-state index contributed by atoms with van der Waals surface area (Å²) >= 11 is 2.06. The zero-order chi connectivity index (χ0) is 13.1. The van der Waals surface area contributed by atoms with Crippen molar-refractivity contribution in [3.8, 4) is 0 Å². The Bertz CT molecular complexity index is 246. The van der Waals surface area contributed by atoms with Gasteiger partial charge in [-0.15, -0.1) is 0 Å². The van der Waals surface area contributed by atoms with Gasteiger partial charge in [-0.05, 0) is 19.8 Å². The lowest BCUT2D eigenvalue weighted by atomic mass is 9.84. The molecule has 1 saturated heterocycles. The fourth-order valence-corrected chi connectivity index (χ4v) is 3.80. The van der Waals surface area contributed by atoms with Crippen LogP contribution in [0.4, 0.5) is 0 Å². The molecule has 1 atom stereocenters. The molecule has 1 aliphatic rings. The van der Waals surface area contributed by atoms with Crippen molar-refractivity contribution >= 4 is 11.8 Å². The molecule has 1 rings (SSSR count). The van der Waals surface area contributed by atoms with E-state index in [0.717, 1.165) is 19.7 Å². The first kappa shape index (κ1) is 15.3. The molecule has 0 amide bonds. The maximum atomic E-state index is 6.09. The Morgan fingerprint density at radius 3 is 2.53 bits per heavy atom. The number of thioether (sulfide) groups is 1. The Balaban J connectivity index is 2.89. The smallest absolute Gasteiger partial charge is 0.0661 e. The van der Waals surface area contributed by atoms with Crippen LogP contribution < -0.4 is 5.73 Å². The number of nitrogens with two attached hydrogens (primary N) is 1. The molecule has 1 heterocycles. The van der Waals surface area contributed by atoms with Gasteiger partial charge in [0.05, 0.1) is 12.1 Å². The second-order valence-corrected chi connectivity index (χ2v) is 7.73. The van der Waals surface area contributed by atoms with E-state index in [9.17, 15) is 0 Å². The maximum absolute atomic E-state index is 6.09. The number of hydrogen-bond donors (Lipinski definition) is 1. The van der Waals surface area contributed by atoms with Gasteiger partial charge in [-0.3, -0.25) is 4.90 Å². The molecule has 0 saturated carbocycles. The molecule has 17 heavy (non-hydrogen) atoms. The molecule has 2 N–H and O–H groups in total. The van der Waals surface area contributed by atoms with Crippen molar-refractivity contribution in [1.82, 2.24) is 4.90 Å². The second-order valence-electron chi connectivity index (χ2n) is 5.93. The number of nitrogens with zero attached hydrogens (tertiary/aromatic N) is 1. The van der Waals surface area contributed by atoms with Gasteiger partial charge in [0.15, 0.2) is 0 Å². The topological polar surface area (TPSA) is 38.5 Å². The summed E-state index contributed by atoms with van der Waals surface area (Å²) in [6.45, 7) is 12.7. The molecular formula is C13H28N2OS. The van der Waals surface area contributed by atoms with Crippen LogP contribution in [0.25, 0.3) is 0 Å². The molecule has 4 heteroatoms. The van der Waals surface area contributed by atoms with Gasteiger partial charge in [0.1, 0.15) is 0 Å². The molecule has 1 aliphatic heterocycles. The third-order valence-corrected chi connectivity index (χ3v) is 5.18. The van der Waals surface area contributed by atoms with Gasteiger partial charge in [0.2, 0.25) is 0 Å². The minimum Gasteiger partial charge on any atom is -0.383 e. The third-order valence-electron chi connectivity index (χ3n) is 3.88. The van der Waals surface area contributed by atoms with Crippen molar-refractivity contribution in [3.05, 3.63) is 0 Å². The van der Waals surface area contributed by atoms with Gasteiger partial charge < -0.3 is 10.5 Å². The highest BCUT2D eigenvalue weighted by Gasteiger charge is 2.42. The van der Waals surface area contributed by atoms with Crippen molar-refractivity contribution in [2.24, 2.45) is 11.7 Å². The zero-order valence-electron chi connectivity index (χ0n) is 12.0. The Kier molecular flexibility index (Phi) is 5.32. The Labute approximate surface area is 110 Å². The van der Waals surface area contributed by atoms with E-state index in [1.807, 2.05) is 0 Å². The van der Waals surface area contributed by atoms with Crippen LogP contribution in [0.3, 0.4) is 0 Å². The maximum Gasteiger partial charge on any atom is 0.0661 e. The van der Waals surface area contributed by atoms with E-state index in [1.165, 1.54) is 5.75 Å². The average Bonchev–Trinajstić information content (AvgIpc) is 2.24. The minimum absolute atomic E-state index is 0.00694. The fourth-order valence-electron chi connectivity index (χ4n) is 2.69. The van der Waals surface area contributed by atoms with Crippen LogP contribution in [0, 0.1) is 5.92 Å². The van der Waals surface area contributed by atoms with Gasteiger partial charge >= 0.3 is 0 Å². The molecule has 1 fully saturated rings. The molecule has 0 radical (unpaired) electrons. The van der Waals surface area contributed by atoms with Gasteiger partial charge in [-0.1, -0.05) is 13.8 Å². The van der Waals surface area contributed by atoms with E-state index >= 15 is 0 Å². The van der Waals surface area contributed by atoms with Crippen LogP contribution in [0.2, 0.25) is 0 Å². The lowest BCUT2D eigenvalue weighted by Gasteiger charge is -2.51. The number of hydrogen-bond acceptors (Lipinski definition) is 4. The van der Waals surface area contributed by atoms with Crippen molar-refractivity contribution in [3.63, 3.8) is 0 Å². The molecule has 0 aromatic heterocycles. The molecule has 102 valence electrons. The molecule has 0 bridgehead atoms. The average molecular weight is 260 g/mol. The van der Waals surface area contributed by atoms with Crippen LogP contribution in [-0.4, -0.2) is 54.3 Å². The summed E-state index contributed by atoms with van der Waals surface area (Å²) in [7, 11) is 1.77. The molecule has 3 nitrogen and oxygen atoms in total. The van der Waals surface area contributed by atoms with Crippen molar-refractivity contribution < 1.29 is 4.74 Å². The normalized spacial score (nSPS) is 24.9. The quantitative estimate of drug-likeness (QED) is 0.818. The first-order valence-electron chi connectivity index (χ1n) is 6.46. The summed E-state index contributed by atoms with van der Waals surface area (Å²) in [6, 6.07) is 0. The van der Waals surface area contributed by atoms with E-state index in [1.54, 1.807) is 7.11 Å². The first-order valence-corrected chi connectivity index (χ1v) is 7.44. The highest BCUT2D eigenvalue weighted by Crippen LogP contribution is 2.35. The van der Waals surface area contributed by atoms with E-state index in [-0.39, 0.29) is 5.54 Å². The summed E-state index contributed by atoms with van der Waals surface area (Å²) in [6.07, 6.45) is 0. The summed E-state index contributed by atoms with van der Waals surface area (Å²) in [5, 5.41) is 0. The lowest BCUT2D eigenvalue weighted by Crippen LogP contribution is -2.64. The van der Waals surface area contributed by atoms with E-state index in [4.69, 9.17) is 10.5 Å². The van der Waals surface area contributed by atoms with Gasteiger partial charge in [-0.2, -0.15) is 11.8 Å². The molecular weight excluding hydrogens is 232 g/mol.